The molecule has 0 saturated carbocycles. The number of halogens is 1. The number of carbonyl (C=O) groups is 1. The van der Waals surface area contributed by atoms with Crippen LogP contribution in [0.2, 0.25) is 0 Å². The van der Waals surface area contributed by atoms with E-state index in [0.29, 0.717) is 33.8 Å². The maximum atomic E-state index is 14.0. The van der Waals surface area contributed by atoms with Gasteiger partial charge in [-0.05, 0) is 54.1 Å². The summed E-state index contributed by atoms with van der Waals surface area (Å²) in [5.41, 5.74) is 2.25. The van der Waals surface area contributed by atoms with Gasteiger partial charge in [-0.2, -0.15) is 5.26 Å². The Balaban J connectivity index is 1.91. The fourth-order valence-corrected chi connectivity index (χ4v) is 4.41. The van der Waals surface area contributed by atoms with Crippen LogP contribution in [0.3, 0.4) is 0 Å². The number of aromatic nitrogens is 1. The highest BCUT2D eigenvalue weighted by Gasteiger charge is 2.19. The Morgan fingerprint density at radius 1 is 1.09 bits per heavy atom. The zero-order valence-electron chi connectivity index (χ0n) is 18.3. The lowest BCUT2D eigenvalue weighted by Gasteiger charge is -2.13. The van der Waals surface area contributed by atoms with Crippen molar-refractivity contribution in [2.75, 3.05) is 7.11 Å². The number of hydrogen-bond donors (Lipinski definition) is 0. The number of nitro groups is 1. The molecule has 0 aliphatic heterocycles. The van der Waals surface area contributed by atoms with Crippen LogP contribution in [-0.2, 0) is 0 Å². The molecule has 0 bridgehead atoms. The maximum absolute atomic E-state index is 14.0. The topological polar surface area (TPSA) is 106 Å². The van der Waals surface area contributed by atoms with Crippen molar-refractivity contribution in [2.45, 2.75) is 9.92 Å². The van der Waals surface area contributed by atoms with Crippen LogP contribution >= 0.6 is 11.8 Å². The molecular formula is C26H16FN3O4S. The average molecular weight is 485 g/mol. The first-order valence-electron chi connectivity index (χ1n) is 10.2. The Kier molecular flexibility index (Phi) is 6.85. The Morgan fingerprint density at radius 3 is 2.49 bits per heavy atom. The van der Waals surface area contributed by atoms with Crippen LogP contribution in [0.5, 0.6) is 5.75 Å². The fraction of sp³-hybridized carbons (Fsp3) is 0.0385. The predicted octanol–water partition coefficient (Wildman–Crippen LogP) is 6.31. The average Bonchev–Trinajstić information content (AvgIpc) is 2.88. The number of ether oxygens (including phenoxy) is 1. The number of pyridine rings is 1. The van der Waals surface area contributed by atoms with Crippen molar-refractivity contribution in [2.24, 2.45) is 0 Å². The van der Waals surface area contributed by atoms with E-state index >= 15 is 0 Å². The molecule has 9 heteroatoms. The lowest BCUT2D eigenvalue weighted by molar-refractivity contribution is -0.384. The van der Waals surface area contributed by atoms with Gasteiger partial charge in [0.25, 0.3) is 5.69 Å². The summed E-state index contributed by atoms with van der Waals surface area (Å²) < 4.78 is 19.2. The van der Waals surface area contributed by atoms with Gasteiger partial charge < -0.3 is 4.74 Å². The predicted molar refractivity (Wildman–Crippen MR) is 129 cm³/mol. The van der Waals surface area contributed by atoms with Gasteiger partial charge in [0.05, 0.1) is 23.3 Å². The van der Waals surface area contributed by atoms with E-state index in [1.807, 2.05) is 0 Å². The van der Waals surface area contributed by atoms with Crippen molar-refractivity contribution in [1.82, 2.24) is 4.98 Å². The third kappa shape index (κ3) is 5.03. The highest BCUT2D eigenvalue weighted by molar-refractivity contribution is 7.99. The van der Waals surface area contributed by atoms with Gasteiger partial charge in [-0.1, -0.05) is 23.9 Å². The van der Waals surface area contributed by atoms with E-state index in [1.165, 1.54) is 30.3 Å². The monoisotopic (exact) mass is 485 g/mol. The standard InChI is InChI=1S/C26H16FN3O4S/c1-34-21-8-5-16(6-9-21)24-13-22(17-3-2-4-19(27)11-17)23(14-28)26(29-24)35-25-10-7-20(30(32)33)12-18(25)15-31/h2-13,15H,1H3. The number of non-ortho nitro benzene ring substituents is 1. The van der Waals surface area contributed by atoms with E-state index in [1.54, 1.807) is 49.6 Å². The minimum absolute atomic E-state index is 0.0945. The summed E-state index contributed by atoms with van der Waals surface area (Å²) in [7, 11) is 1.56. The Morgan fingerprint density at radius 2 is 1.86 bits per heavy atom. The molecule has 0 spiro atoms. The van der Waals surface area contributed by atoms with Crippen molar-refractivity contribution in [3.05, 3.63) is 99.9 Å². The zero-order chi connectivity index (χ0) is 24.9. The van der Waals surface area contributed by atoms with Crippen LogP contribution in [0.4, 0.5) is 10.1 Å². The maximum Gasteiger partial charge on any atom is 0.270 e. The highest BCUT2D eigenvalue weighted by atomic mass is 32.2. The van der Waals surface area contributed by atoms with E-state index in [2.05, 4.69) is 11.1 Å². The number of nitro benzene ring substituents is 1. The van der Waals surface area contributed by atoms with Crippen molar-refractivity contribution < 1.29 is 18.8 Å². The van der Waals surface area contributed by atoms with Gasteiger partial charge in [-0.15, -0.1) is 0 Å². The Hall–Kier alpha value is -4.55. The van der Waals surface area contributed by atoms with Gasteiger partial charge >= 0.3 is 0 Å². The number of hydrogen-bond acceptors (Lipinski definition) is 7. The lowest BCUT2D eigenvalue weighted by atomic mass is 9.99. The fourth-order valence-electron chi connectivity index (χ4n) is 3.44. The number of carbonyl (C=O) groups excluding carboxylic acids is 1. The van der Waals surface area contributed by atoms with Crippen LogP contribution in [-0.4, -0.2) is 23.3 Å². The molecule has 0 radical (unpaired) electrons. The summed E-state index contributed by atoms with van der Waals surface area (Å²) in [5, 5.41) is 21.4. The number of rotatable bonds is 7. The molecule has 4 rings (SSSR count). The molecule has 0 unspecified atom stereocenters. The van der Waals surface area contributed by atoms with E-state index in [-0.39, 0.29) is 21.8 Å². The molecule has 7 nitrogen and oxygen atoms in total. The third-order valence-electron chi connectivity index (χ3n) is 5.16. The molecule has 0 atom stereocenters. The van der Waals surface area contributed by atoms with Crippen molar-refractivity contribution in [3.63, 3.8) is 0 Å². The summed E-state index contributed by atoms with van der Waals surface area (Å²) >= 11 is 1.03. The van der Waals surface area contributed by atoms with Gasteiger partial charge in [0, 0.05) is 33.7 Å². The van der Waals surface area contributed by atoms with Gasteiger partial charge in [-0.25, -0.2) is 9.37 Å². The zero-order valence-corrected chi connectivity index (χ0v) is 19.1. The van der Waals surface area contributed by atoms with Gasteiger partial charge in [-0.3, -0.25) is 14.9 Å². The molecule has 0 fully saturated rings. The van der Waals surface area contributed by atoms with Crippen molar-refractivity contribution >= 4 is 23.7 Å². The van der Waals surface area contributed by atoms with Crippen LogP contribution in [0.15, 0.2) is 82.7 Å². The number of benzene rings is 3. The second-order valence-electron chi connectivity index (χ2n) is 7.29. The van der Waals surface area contributed by atoms with Crippen LogP contribution in [0.25, 0.3) is 22.4 Å². The van der Waals surface area contributed by atoms with Crippen LogP contribution in [0, 0.1) is 27.3 Å². The molecule has 1 heterocycles. The van der Waals surface area contributed by atoms with Gasteiger partial charge in [0.2, 0.25) is 0 Å². The van der Waals surface area contributed by atoms with Crippen LogP contribution in [0.1, 0.15) is 15.9 Å². The smallest absolute Gasteiger partial charge is 0.270 e. The first-order valence-corrected chi connectivity index (χ1v) is 11.0. The Bertz CT molecular complexity index is 1480. The summed E-state index contributed by atoms with van der Waals surface area (Å²) in [6.45, 7) is 0. The minimum atomic E-state index is -0.591. The SMILES string of the molecule is COc1ccc(-c2cc(-c3cccc(F)c3)c(C#N)c(Sc3ccc([N+](=O)[O-])cc3C=O)n2)cc1. The van der Waals surface area contributed by atoms with Crippen LogP contribution < -0.4 is 4.74 Å². The van der Waals surface area contributed by atoms with E-state index in [4.69, 9.17) is 4.74 Å². The molecule has 35 heavy (non-hydrogen) atoms. The van der Waals surface area contributed by atoms with Gasteiger partial charge in [0.1, 0.15) is 22.7 Å². The molecule has 1 aromatic heterocycles. The van der Waals surface area contributed by atoms with E-state index < -0.39 is 10.7 Å². The molecule has 0 aliphatic rings. The third-order valence-corrected chi connectivity index (χ3v) is 6.24. The molecule has 0 saturated heterocycles. The second kappa shape index (κ2) is 10.2. The highest BCUT2D eigenvalue weighted by Crippen LogP contribution is 2.39. The number of nitrogens with zero attached hydrogens (tertiary/aromatic N) is 3. The quantitative estimate of drug-likeness (QED) is 0.172. The summed E-state index contributed by atoms with van der Waals surface area (Å²) in [6.07, 6.45) is 0.516. The molecule has 172 valence electrons. The Labute approximate surface area is 204 Å². The normalized spacial score (nSPS) is 10.4. The van der Waals surface area contributed by atoms with Gasteiger partial charge in [0.15, 0.2) is 6.29 Å². The lowest BCUT2D eigenvalue weighted by Crippen LogP contribution is -1.97. The van der Waals surface area contributed by atoms with Crippen molar-refractivity contribution in [1.29, 1.82) is 5.26 Å². The largest absolute Gasteiger partial charge is 0.497 e. The molecule has 0 aliphatic carbocycles. The molecular weight excluding hydrogens is 469 g/mol. The first kappa shape index (κ1) is 23.6. The summed E-state index contributed by atoms with van der Waals surface area (Å²) in [5.74, 6) is 0.200. The molecule has 0 amide bonds. The van der Waals surface area contributed by atoms with E-state index in [0.717, 1.165) is 17.3 Å². The summed E-state index contributed by atoms with van der Waals surface area (Å²) in [6, 6.07) is 20.8. The summed E-state index contributed by atoms with van der Waals surface area (Å²) in [4.78, 5) is 27.2. The molecule has 0 N–H and O–H groups in total. The van der Waals surface area contributed by atoms with E-state index in [9.17, 15) is 24.6 Å². The number of methoxy groups -OCH3 is 1. The minimum Gasteiger partial charge on any atom is -0.497 e. The molecule has 3 aromatic carbocycles. The number of aldehydes is 1. The first-order chi connectivity index (χ1) is 16.9. The van der Waals surface area contributed by atoms with Crippen molar-refractivity contribution in [3.8, 4) is 34.2 Å². The number of nitriles is 1. The second-order valence-corrected chi connectivity index (χ2v) is 8.32. The molecule has 4 aromatic rings.